The number of alkyl halides is 1. The van der Waals surface area contributed by atoms with E-state index in [-0.39, 0.29) is 0 Å². The smallest absolute Gasteiger partial charge is 0.168 e. The van der Waals surface area contributed by atoms with Crippen molar-refractivity contribution in [2.24, 2.45) is 0 Å². The van der Waals surface area contributed by atoms with Gasteiger partial charge in [0.25, 0.3) is 0 Å². The fourth-order valence-electron chi connectivity index (χ4n) is 1.49. The van der Waals surface area contributed by atoms with Gasteiger partial charge in [0.15, 0.2) is 6.17 Å². The van der Waals surface area contributed by atoms with E-state index >= 15 is 0 Å². The first-order valence-electron chi connectivity index (χ1n) is 4.03. The molecule has 0 saturated carbocycles. The minimum absolute atomic E-state index is 0.669. The van der Waals surface area contributed by atoms with Crippen LogP contribution in [-0.4, -0.2) is 5.60 Å². The number of fused-ring (bicyclic) bond motifs is 1. The second kappa shape index (κ2) is 2.22. The van der Waals surface area contributed by atoms with Gasteiger partial charge in [-0.1, -0.05) is 18.2 Å². The highest BCUT2D eigenvalue weighted by Gasteiger charge is 2.41. The average molecular weight is 166 g/mol. The third-order valence-electron chi connectivity index (χ3n) is 2.18. The quantitative estimate of drug-likeness (QED) is 0.575. The van der Waals surface area contributed by atoms with Crippen molar-refractivity contribution in [3.8, 4) is 5.75 Å². The van der Waals surface area contributed by atoms with Crippen molar-refractivity contribution < 1.29 is 9.13 Å². The Hall–Kier alpha value is -1.05. The van der Waals surface area contributed by atoms with Crippen LogP contribution in [0.25, 0.3) is 0 Å². The first kappa shape index (κ1) is 7.59. The Morgan fingerprint density at radius 2 is 2.00 bits per heavy atom. The average Bonchev–Trinajstić information content (AvgIpc) is 2.24. The lowest BCUT2D eigenvalue weighted by Crippen LogP contribution is -2.27. The number of halogens is 1. The lowest BCUT2D eigenvalue weighted by Gasteiger charge is -2.19. The van der Waals surface area contributed by atoms with Gasteiger partial charge in [-0.25, -0.2) is 4.39 Å². The Balaban J connectivity index is 2.49. The highest BCUT2D eigenvalue weighted by molar-refractivity contribution is 5.40. The minimum atomic E-state index is -1.01. The second-order valence-corrected chi connectivity index (χ2v) is 3.61. The van der Waals surface area contributed by atoms with Crippen molar-refractivity contribution >= 4 is 0 Å². The summed E-state index contributed by atoms with van der Waals surface area (Å²) >= 11 is 0. The maximum Gasteiger partial charge on any atom is 0.168 e. The first-order valence-corrected chi connectivity index (χ1v) is 4.03. The van der Waals surface area contributed by atoms with Crippen LogP contribution in [0.1, 0.15) is 25.6 Å². The molecule has 2 rings (SSSR count). The van der Waals surface area contributed by atoms with E-state index in [1.165, 1.54) is 0 Å². The molecule has 1 nitrogen and oxygen atoms in total. The molecule has 0 aliphatic carbocycles. The van der Waals surface area contributed by atoms with Crippen molar-refractivity contribution in [2.75, 3.05) is 0 Å². The van der Waals surface area contributed by atoms with E-state index in [2.05, 4.69) is 0 Å². The lowest BCUT2D eigenvalue weighted by molar-refractivity contribution is 0.0532. The zero-order chi connectivity index (χ0) is 8.77. The normalized spacial score (nSPS) is 24.8. The van der Waals surface area contributed by atoms with E-state index in [1.807, 2.05) is 12.1 Å². The fourth-order valence-corrected chi connectivity index (χ4v) is 1.49. The summed E-state index contributed by atoms with van der Waals surface area (Å²) in [7, 11) is 0. The number of rotatable bonds is 0. The molecule has 0 spiro atoms. The largest absolute Gasteiger partial charge is 0.484 e. The van der Waals surface area contributed by atoms with Gasteiger partial charge >= 0.3 is 0 Å². The third-order valence-corrected chi connectivity index (χ3v) is 2.18. The predicted molar refractivity (Wildman–Crippen MR) is 45.0 cm³/mol. The summed E-state index contributed by atoms with van der Waals surface area (Å²) in [6.45, 7) is 3.52. The van der Waals surface area contributed by atoms with Gasteiger partial charge in [0.1, 0.15) is 11.4 Å². The Labute approximate surface area is 71.2 Å². The topological polar surface area (TPSA) is 9.23 Å². The first-order chi connectivity index (χ1) is 5.61. The molecule has 1 aliphatic rings. The highest BCUT2D eigenvalue weighted by Crippen LogP contribution is 2.44. The SMILES string of the molecule is CC1(C)Oc2ccccc2C1F. The highest BCUT2D eigenvalue weighted by atomic mass is 19.1. The van der Waals surface area contributed by atoms with Crippen molar-refractivity contribution in [3.05, 3.63) is 29.8 Å². The molecule has 0 radical (unpaired) electrons. The molecule has 0 saturated heterocycles. The number of benzene rings is 1. The van der Waals surface area contributed by atoms with E-state index in [0.29, 0.717) is 11.3 Å². The predicted octanol–water partition coefficient (Wildman–Crippen LogP) is 2.87. The van der Waals surface area contributed by atoms with Crippen LogP contribution in [0.3, 0.4) is 0 Å². The second-order valence-electron chi connectivity index (χ2n) is 3.61. The van der Waals surface area contributed by atoms with Crippen molar-refractivity contribution in [1.29, 1.82) is 0 Å². The van der Waals surface area contributed by atoms with E-state index in [9.17, 15) is 4.39 Å². The van der Waals surface area contributed by atoms with Crippen LogP contribution < -0.4 is 4.74 Å². The lowest BCUT2D eigenvalue weighted by atomic mass is 9.99. The van der Waals surface area contributed by atoms with E-state index < -0.39 is 11.8 Å². The van der Waals surface area contributed by atoms with Gasteiger partial charge in [-0.3, -0.25) is 0 Å². The van der Waals surface area contributed by atoms with Crippen molar-refractivity contribution in [3.63, 3.8) is 0 Å². The number of hydrogen-bond donors (Lipinski definition) is 0. The summed E-state index contributed by atoms with van der Waals surface area (Å²) in [5.74, 6) is 0.676. The molecule has 0 fully saturated rings. The van der Waals surface area contributed by atoms with Crippen LogP contribution >= 0.6 is 0 Å². The van der Waals surface area contributed by atoms with Crippen molar-refractivity contribution in [2.45, 2.75) is 25.6 Å². The van der Waals surface area contributed by atoms with Gasteiger partial charge in [0, 0.05) is 5.56 Å². The van der Waals surface area contributed by atoms with Gasteiger partial charge in [0.05, 0.1) is 0 Å². The molecule has 0 amide bonds. The van der Waals surface area contributed by atoms with E-state index in [4.69, 9.17) is 4.74 Å². The number of ether oxygens (including phenoxy) is 1. The number of hydrogen-bond acceptors (Lipinski definition) is 1. The minimum Gasteiger partial charge on any atom is -0.484 e. The monoisotopic (exact) mass is 166 g/mol. The molecular weight excluding hydrogens is 155 g/mol. The zero-order valence-electron chi connectivity index (χ0n) is 7.17. The molecule has 0 bridgehead atoms. The van der Waals surface area contributed by atoms with Gasteiger partial charge in [0.2, 0.25) is 0 Å². The summed E-state index contributed by atoms with van der Waals surface area (Å²) in [5, 5.41) is 0. The van der Waals surface area contributed by atoms with Crippen LogP contribution in [0.15, 0.2) is 24.3 Å². The molecule has 12 heavy (non-hydrogen) atoms. The molecule has 1 unspecified atom stereocenters. The zero-order valence-corrected chi connectivity index (χ0v) is 7.17. The van der Waals surface area contributed by atoms with E-state index in [0.717, 1.165) is 0 Å². The third kappa shape index (κ3) is 0.909. The van der Waals surface area contributed by atoms with Crippen LogP contribution in [0.2, 0.25) is 0 Å². The fraction of sp³-hybridized carbons (Fsp3) is 0.400. The summed E-state index contributed by atoms with van der Waals surface area (Å²) < 4.78 is 19.0. The Morgan fingerprint density at radius 1 is 1.33 bits per heavy atom. The molecule has 1 heterocycles. The van der Waals surface area contributed by atoms with Crippen molar-refractivity contribution in [1.82, 2.24) is 0 Å². The van der Waals surface area contributed by atoms with Gasteiger partial charge in [-0.2, -0.15) is 0 Å². The molecule has 0 aromatic heterocycles. The maximum absolute atomic E-state index is 13.6. The summed E-state index contributed by atoms with van der Waals surface area (Å²) in [6.07, 6.45) is -1.01. The Morgan fingerprint density at radius 3 is 2.67 bits per heavy atom. The summed E-state index contributed by atoms with van der Waals surface area (Å²) in [6, 6.07) is 7.26. The van der Waals surface area contributed by atoms with Crippen LogP contribution in [0, 0.1) is 0 Å². The molecule has 1 atom stereocenters. The molecule has 2 heteroatoms. The molecule has 1 aromatic rings. The van der Waals surface area contributed by atoms with Crippen LogP contribution in [0.4, 0.5) is 4.39 Å². The molecule has 1 aliphatic heterocycles. The number of para-hydroxylation sites is 1. The van der Waals surface area contributed by atoms with Gasteiger partial charge in [-0.05, 0) is 19.9 Å². The van der Waals surface area contributed by atoms with Crippen LogP contribution in [0.5, 0.6) is 5.75 Å². The molecule has 64 valence electrons. The Kier molecular flexibility index (Phi) is 1.40. The molecule has 1 aromatic carbocycles. The van der Waals surface area contributed by atoms with Gasteiger partial charge < -0.3 is 4.74 Å². The molecule has 0 N–H and O–H groups in total. The van der Waals surface area contributed by atoms with Gasteiger partial charge in [-0.15, -0.1) is 0 Å². The molecular formula is C10H11FO. The summed E-state index contributed by atoms with van der Waals surface area (Å²) in [4.78, 5) is 0. The maximum atomic E-state index is 13.6. The standard InChI is InChI=1S/C10H11FO/c1-10(2)9(11)7-5-3-4-6-8(7)12-10/h3-6,9H,1-2H3. The van der Waals surface area contributed by atoms with E-state index in [1.54, 1.807) is 26.0 Å². The summed E-state index contributed by atoms with van der Waals surface area (Å²) in [5.41, 5.74) is -0.0357. The Bertz CT molecular complexity index is 306. The van der Waals surface area contributed by atoms with Crippen LogP contribution in [-0.2, 0) is 0 Å².